The molecule has 1 aromatic rings. The van der Waals surface area contributed by atoms with E-state index >= 15 is 0 Å². The van der Waals surface area contributed by atoms with Gasteiger partial charge in [0.15, 0.2) is 0 Å². The molecule has 0 aromatic heterocycles. The second kappa shape index (κ2) is 3.56. The van der Waals surface area contributed by atoms with Gasteiger partial charge in [0.1, 0.15) is 17.3 Å². The highest BCUT2D eigenvalue weighted by atomic mass is 19.1. The Morgan fingerprint density at radius 2 is 2.15 bits per heavy atom. The van der Waals surface area contributed by atoms with Crippen LogP contribution in [0.25, 0.3) is 0 Å². The first kappa shape index (κ1) is 9.71. The summed E-state index contributed by atoms with van der Waals surface area (Å²) in [6, 6.07) is 2.88. The van der Waals surface area contributed by atoms with E-state index in [0.29, 0.717) is 5.56 Å². The van der Waals surface area contributed by atoms with Crippen molar-refractivity contribution in [2.45, 2.75) is 20.3 Å². The number of carbonyl (C=O) groups is 1. The van der Waals surface area contributed by atoms with E-state index in [-0.39, 0.29) is 23.5 Å². The summed E-state index contributed by atoms with van der Waals surface area (Å²) >= 11 is 0. The number of phenolic OH excluding ortho intramolecular Hbond substituents is 1. The smallest absolute Gasteiger partial charge is 0.134 e. The Kier molecular flexibility index (Phi) is 2.66. The van der Waals surface area contributed by atoms with Crippen molar-refractivity contribution in [3.8, 4) is 5.75 Å². The number of halogens is 1. The molecule has 0 aliphatic rings. The molecule has 1 rings (SSSR count). The third kappa shape index (κ3) is 2.05. The highest BCUT2D eigenvalue weighted by molar-refractivity contribution is 5.79. The lowest BCUT2D eigenvalue weighted by Crippen LogP contribution is -2.01. The van der Waals surface area contributed by atoms with Gasteiger partial charge in [0, 0.05) is 12.0 Å². The van der Waals surface area contributed by atoms with Gasteiger partial charge in [0.25, 0.3) is 0 Å². The normalized spacial score (nSPS) is 10.1. The summed E-state index contributed by atoms with van der Waals surface area (Å²) in [5.41, 5.74) is 0.529. The molecule has 0 saturated carbocycles. The largest absolute Gasteiger partial charge is 0.508 e. The Hall–Kier alpha value is -1.38. The van der Waals surface area contributed by atoms with E-state index in [9.17, 15) is 14.3 Å². The van der Waals surface area contributed by atoms with Crippen LogP contribution >= 0.6 is 0 Å². The molecule has 1 aromatic carbocycles. The van der Waals surface area contributed by atoms with Crippen molar-refractivity contribution in [3.05, 3.63) is 29.1 Å². The van der Waals surface area contributed by atoms with Gasteiger partial charge in [-0.05, 0) is 25.5 Å². The van der Waals surface area contributed by atoms with Crippen LogP contribution < -0.4 is 0 Å². The van der Waals surface area contributed by atoms with Gasteiger partial charge in [0.2, 0.25) is 0 Å². The molecule has 0 bridgehead atoms. The van der Waals surface area contributed by atoms with Crippen LogP contribution in [0.15, 0.2) is 12.1 Å². The molecule has 0 fully saturated rings. The molecule has 3 heteroatoms. The zero-order valence-electron chi connectivity index (χ0n) is 7.60. The third-order valence-corrected chi connectivity index (χ3v) is 1.84. The molecule has 0 aliphatic heterocycles. The van der Waals surface area contributed by atoms with Gasteiger partial charge in [-0.3, -0.25) is 4.79 Å². The molecule has 0 atom stereocenters. The second-order valence-corrected chi connectivity index (χ2v) is 3.07. The van der Waals surface area contributed by atoms with Gasteiger partial charge in [0.05, 0.1) is 0 Å². The van der Waals surface area contributed by atoms with E-state index in [0.717, 1.165) is 0 Å². The quantitative estimate of drug-likeness (QED) is 0.759. The summed E-state index contributed by atoms with van der Waals surface area (Å²) in [6.45, 7) is 2.96. The molecule has 0 saturated heterocycles. The minimum Gasteiger partial charge on any atom is -0.508 e. The number of benzene rings is 1. The van der Waals surface area contributed by atoms with Gasteiger partial charge in [-0.15, -0.1) is 0 Å². The van der Waals surface area contributed by atoms with Crippen molar-refractivity contribution in [3.63, 3.8) is 0 Å². The lowest BCUT2D eigenvalue weighted by molar-refractivity contribution is -0.116. The predicted molar refractivity (Wildman–Crippen MR) is 47.2 cm³/mol. The van der Waals surface area contributed by atoms with Gasteiger partial charge in [-0.1, -0.05) is 6.07 Å². The summed E-state index contributed by atoms with van der Waals surface area (Å²) in [7, 11) is 0. The maximum atomic E-state index is 13.3. The first-order valence-corrected chi connectivity index (χ1v) is 3.98. The minimum atomic E-state index is -0.491. The molecule has 0 radical (unpaired) electrons. The lowest BCUT2D eigenvalue weighted by Gasteiger charge is -2.05. The molecule has 0 unspecified atom stereocenters. The van der Waals surface area contributed by atoms with E-state index in [1.54, 1.807) is 6.92 Å². The standard InChI is InChI=1S/C10H11FO2/c1-6-3-4-9(13)8(10(6)11)5-7(2)12/h3-4,13H,5H2,1-2H3. The Balaban J connectivity index is 3.17. The van der Waals surface area contributed by atoms with Crippen LogP contribution in [0.1, 0.15) is 18.1 Å². The molecule has 2 nitrogen and oxygen atoms in total. The van der Waals surface area contributed by atoms with Crippen LogP contribution in [0.4, 0.5) is 4.39 Å². The third-order valence-electron chi connectivity index (χ3n) is 1.84. The summed E-state index contributed by atoms with van der Waals surface area (Å²) in [5.74, 6) is -0.812. The Morgan fingerprint density at radius 1 is 1.54 bits per heavy atom. The van der Waals surface area contributed by atoms with Crippen LogP contribution in [0, 0.1) is 12.7 Å². The summed E-state index contributed by atoms with van der Waals surface area (Å²) in [4.78, 5) is 10.8. The van der Waals surface area contributed by atoms with Gasteiger partial charge < -0.3 is 5.11 Å². The minimum absolute atomic E-state index is 0.0562. The van der Waals surface area contributed by atoms with Gasteiger partial charge >= 0.3 is 0 Å². The number of rotatable bonds is 2. The fourth-order valence-electron chi connectivity index (χ4n) is 1.15. The fourth-order valence-corrected chi connectivity index (χ4v) is 1.15. The topological polar surface area (TPSA) is 37.3 Å². The summed E-state index contributed by atoms with van der Waals surface area (Å²) in [6.07, 6.45) is -0.0562. The maximum Gasteiger partial charge on any atom is 0.134 e. The molecule has 13 heavy (non-hydrogen) atoms. The average molecular weight is 182 g/mol. The van der Waals surface area contributed by atoms with E-state index in [1.165, 1.54) is 19.1 Å². The second-order valence-electron chi connectivity index (χ2n) is 3.07. The van der Waals surface area contributed by atoms with Crippen molar-refractivity contribution in [1.29, 1.82) is 0 Å². The number of ketones is 1. The van der Waals surface area contributed by atoms with Crippen molar-refractivity contribution in [1.82, 2.24) is 0 Å². The number of aryl methyl sites for hydroxylation is 1. The molecule has 70 valence electrons. The number of hydrogen-bond acceptors (Lipinski definition) is 2. The van der Waals surface area contributed by atoms with Gasteiger partial charge in [-0.25, -0.2) is 4.39 Å². The fraction of sp³-hybridized carbons (Fsp3) is 0.300. The van der Waals surface area contributed by atoms with Crippen molar-refractivity contribution < 1.29 is 14.3 Å². The lowest BCUT2D eigenvalue weighted by atomic mass is 10.0. The molecule has 0 heterocycles. The SMILES string of the molecule is CC(=O)Cc1c(O)ccc(C)c1F. The van der Waals surface area contributed by atoms with Gasteiger partial charge in [-0.2, -0.15) is 0 Å². The first-order valence-electron chi connectivity index (χ1n) is 3.98. The van der Waals surface area contributed by atoms with E-state index in [4.69, 9.17) is 0 Å². The number of hydrogen-bond donors (Lipinski definition) is 1. The molecule has 0 spiro atoms. The molecule has 1 N–H and O–H groups in total. The monoisotopic (exact) mass is 182 g/mol. The number of phenols is 1. The van der Waals surface area contributed by atoms with Crippen LogP contribution in [0.5, 0.6) is 5.75 Å². The highest BCUT2D eigenvalue weighted by Crippen LogP contribution is 2.23. The van der Waals surface area contributed by atoms with Crippen molar-refractivity contribution in [2.75, 3.05) is 0 Å². The molecule has 0 amide bonds. The van der Waals surface area contributed by atoms with Crippen molar-refractivity contribution >= 4 is 5.78 Å². The number of Topliss-reactive ketones (excluding diaryl/α,β-unsaturated/α-hetero) is 1. The predicted octanol–water partition coefficient (Wildman–Crippen LogP) is 1.97. The molecular formula is C10H11FO2. The Bertz CT molecular complexity index is 345. The molecule has 0 aliphatic carbocycles. The van der Waals surface area contributed by atoms with Crippen LogP contribution in [-0.4, -0.2) is 10.9 Å². The first-order chi connectivity index (χ1) is 6.02. The molecular weight excluding hydrogens is 171 g/mol. The summed E-state index contributed by atoms with van der Waals surface area (Å²) < 4.78 is 13.3. The van der Waals surface area contributed by atoms with E-state index < -0.39 is 5.82 Å². The zero-order valence-corrected chi connectivity index (χ0v) is 7.60. The maximum absolute atomic E-state index is 13.3. The van der Waals surface area contributed by atoms with Crippen LogP contribution in [0.2, 0.25) is 0 Å². The Morgan fingerprint density at radius 3 is 2.69 bits per heavy atom. The number of aromatic hydroxyl groups is 1. The van der Waals surface area contributed by atoms with Crippen molar-refractivity contribution in [2.24, 2.45) is 0 Å². The Labute approximate surface area is 76.0 Å². The van der Waals surface area contributed by atoms with E-state index in [1.807, 2.05) is 0 Å². The highest BCUT2D eigenvalue weighted by Gasteiger charge is 2.11. The summed E-state index contributed by atoms with van der Waals surface area (Å²) in [5, 5.41) is 9.27. The average Bonchev–Trinajstić information content (AvgIpc) is 2.05. The number of carbonyl (C=O) groups excluding carboxylic acids is 1. The van der Waals surface area contributed by atoms with E-state index in [2.05, 4.69) is 0 Å². The van der Waals surface area contributed by atoms with Crippen LogP contribution in [-0.2, 0) is 11.2 Å². The van der Waals surface area contributed by atoms with Crippen LogP contribution in [0.3, 0.4) is 0 Å². The zero-order chi connectivity index (χ0) is 10.0.